The third-order valence-corrected chi connectivity index (χ3v) is 5.05. The molecule has 0 aromatic heterocycles. The number of hydrogen-bond donors (Lipinski definition) is 0. The number of carbonyl (C=O) groups excluding carboxylic acids is 2. The molecule has 4 nitrogen and oxygen atoms in total. The van der Waals surface area contributed by atoms with Gasteiger partial charge in [0.1, 0.15) is 0 Å². The first-order valence-electron chi connectivity index (χ1n) is 6.49. The van der Waals surface area contributed by atoms with Gasteiger partial charge in [-0.15, -0.1) is 0 Å². The van der Waals surface area contributed by atoms with Crippen LogP contribution in [0.4, 0.5) is 0 Å². The summed E-state index contributed by atoms with van der Waals surface area (Å²) in [6.07, 6.45) is 8.47. The third-order valence-electron chi connectivity index (χ3n) is 5.05. The van der Waals surface area contributed by atoms with Gasteiger partial charge in [0.05, 0.1) is 14.2 Å². The molecule has 3 aliphatic carbocycles. The molecular weight excluding hydrogens is 244 g/mol. The number of hydrogen-bond acceptors (Lipinski definition) is 4. The number of carbonyl (C=O) groups is 2. The lowest BCUT2D eigenvalue weighted by Crippen LogP contribution is -2.41. The summed E-state index contributed by atoms with van der Waals surface area (Å²) < 4.78 is 9.74. The predicted molar refractivity (Wildman–Crippen MR) is 68.1 cm³/mol. The second-order valence-corrected chi connectivity index (χ2v) is 6.13. The molecule has 19 heavy (non-hydrogen) atoms. The summed E-state index contributed by atoms with van der Waals surface area (Å²) in [4.78, 5) is 24.3. The monoisotopic (exact) mass is 262 g/mol. The van der Waals surface area contributed by atoms with Crippen LogP contribution in [-0.4, -0.2) is 26.2 Å². The van der Waals surface area contributed by atoms with E-state index in [2.05, 4.69) is 18.2 Å². The largest absolute Gasteiger partial charge is 0.468 e. The molecule has 4 heteroatoms. The van der Waals surface area contributed by atoms with Gasteiger partial charge in [-0.1, -0.05) is 23.8 Å². The highest BCUT2D eigenvalue weighted by Gasteiger charge is 2.78. The van der Waals surface area contributed by atoms with Crippen LogP contribution in [0.25, 0.3) is 0 Å². The molecule has 0 aromatic rings. The first-order valence-corrected chi connectivity index (χ1v) is 6.49. The van der Waals surface area contributed by atoms with E-state index in [-0.39, 0.29) is 10.8 Å². The van der Waals surface area contributed by atoms with Crippen LogP contribution in [0.1, 0.15) is 26.2 Å². The molecular formula is C15H18O4. The van der Waals surface area contributed by atoms with Gasteiger partial charge in [-0.3, -0.25) is 9.59 Å². The number of allylic oxidation sites excluding steroid dienone is 4. The lowest BCUT2D eigenvalue weighted by molar-refractivity contribution is -0.170. The SMILES string of the molecule is COC(=O)C1(C(=O)OC)CC23C=CC(C)=CC2(C1)C3. The van der Waals surface area contributed by atoms with Crippen molar-refractivity contribution in [3.8, 4) is 0 Å². The van der Waals surface area contributed by atoms with Gasteiger partial charge in [0.2, 0.25) is 0 Å². The average molecular weight is 262 g/mol. The Bertz CT molecular complexity index is 514. The Morgan fingerprint density at radius 3 is 2.21 bits per heavy atom. The van der Waals surface area contributed by atoms with Gasteiger partial charge < -0.3 is 9.47 Å². The number of rotatable bonds is 2. The molecule has 2 unspecified atom stereocenters. The molecule has 0 spiro atoms. The summed E-state index contributed by atoms with van der Waals surface area (Å²) in [7, 11) is 2.65. The van der Waals surface area contributed by atoms with Crippen molar-refractivity contribution in [2.24, 2.45) is 16.2 Å². The number of esters is 2. The van der Waals surface area contributed by atoms with Gasteiger partial charge in [-0.2, -0.15) is 0 Å². The van der Waals surface area contributed by atoms with Crippen LogP contribution in [0.15, 0.2) is 23.8 Å². The normalized spacial score (nSPS) is 36.9. The predicted octanol–water partition coefficient (Wildman–Crippen LogP) is 2.01. The summed E-state index contributed by atoms with van der Waals surface area (Å²) in [5.41, 5.74) is -0.0327. The van der Waals surface area contributed by atoms with E-state index in [0.29, 0.717) is 12.8 Å². The zero-order chi connectivity index (χ0) is 13.9. The van der Waals surface area contributed by atoms with E-state index in [9.17, 15) is 9.59 Å². The smallest absolute Gasteiger partial charge is 0.323 e. The molecule has 0 aliphatic heterocycles. The molecule has 0 amide bonds. The van der Waals surface area contributed by atoms with Gasteiger partial charge in [0, 0.05) is 10.8 Å². The Morgan fingerprint density at radius 1 is 1.05 bits per heavy atom. The van der Waals surface area contributed by atoms with Gasteiger partial charge in [0.25, 0.3) is 0 Å². The van der Waals surface area contributed by atoms with Crippen LogP contribution in [0.2, 0.25) is 0 Å². The van der Waals surface area contributed by atoms with E-state index in [4.69, 9.17) is 9.47 Å². The first kappa shape index (κ1) is 12.5. The van der Waals surface area contributed by atoms with Crippen molar-refractivity contribution < 1.29 is 19.1 Å². The number of ether oxygens (including phenoxy) is 2. The van der Waals surface area contributed by atoms with Crippen molar-refractivity contribution in [2.45, 2.75) is 26.2 Å². The highest BCUT2D eigenvalue weighted by atomic mass is 16.5. The fourth-order valence-corrected chi connectivity index (χ4v) is 4.20. The topological polar surface area (TPSA) is 52.6 Å². The second kappa shape index (κ2) is 3.50. The van der Waals surface area contributed by atoms with Crippen LogP contribution in [-0.2, 0) is 19.1 Å². The molecule has 3 aliphatic rings. The molecule has 3 rings (SSSR count). The first-order chi connectivity index (χ1) is 8.94. The Hall–Kier alpha value is -1.58. The molecule has 0 saturated heterocycles. The molecule has 2 saturated carbocycles. The van der Waals surface area contributed by atoms with Crippen molar-refractivity contribution in [1.29, 1.82) is 0 Å². The minimum absolute atomic E-state index is 0.0467. The van der Waals surface area contributed by atoms with E-state index in [1.54, 1.807) is 0 Å². The quantitative estimate of drug-likeness (QED) is 0.564. The maximum atomic E-state index is 12.2. The second-order valence-electron chi connectivity index (χ2n) is 6.13. The highest BCUT2D eigenvalue weighted by molar-refractivity contribution is 6.01. The van der Waals surface area contributed by atoms with Crippen LogP contribution in [0, 0.1) is 16.2 Å². The lowest BCUT2D eigenvalue weighted by atomic mass is 9.80. The van der Waals surface area contributed by atoms with Crippen molar-refractivity contribution in [3.63, 3.8) is 0 Å². The third kappa shape index (κ3) is 1.34. The molecule has 2 atom stereocenters. The molecule has 0 bridgehead atoms. The Labute approximate surface area is 112 Å². The maximum absolute atomic E-state index is 12.2. The Balaban J connectivity index is 2.02. The van der Waals surface area contributed by atoms with E-state index < -0.39 is 17.4 Å². The van der Waals surface area contributed by atoms with Crippen molar-refractivity contribution in [3.05, 3.63) is 23.8 Å². The highest BCUT2D eigenvalue weighted by Crippen LogP contribution is 2.80. The fourth-order valence-electron chi connectivity index (χ4n) is 4.20. The Morgan fingerprint density at radius 2 is 1.63 bits per heavy atom. The standard InChI is InChI=1S/C15H18O4/c1-10-4-5-13-7-14(13,6-10)9-15(8-13,11(16)18-2)12(17)19-3/h4-6H,7-9H2,1-3H3. The zero-order valence-corrected chi connectivity index (χ0v) is 11.5. The van der Waals surface area contributed by atoms with E-state index in [0.717, 1.165) is 6.42 Å². The maximum Gasteiger partial charge on any atom is 0.323 e. The van der Waals surface area contributed by atoms with Gasteiger partial charge >= 0.3 is 11.9 Å². The van der Waals surface area contributed by atoms with Crippen molar-refractivity contribution in [2.75, 3.05) is 14.2 Å². The molecule has 0 N–H and O–H groups in total. The van der Waals surface area contributed by atoms with E-state index in [1.807, 2.05) is 6.92 Å². The summed E-state index contributed by atoms with van der Waals surface area (Å²) in [6.45, 7) is 2.05. The van der Waals surface area contributed by atoms with Crippen LogP contribution >= 0.6 is 0 Å². The van der Waals surface area contributed by atoms with Crippen LogP contribution in [0.3, 0.4) is 0 Å². The van der Waals surface area contributed by atoms with Gasteiger partial charge in [-0.25, -0.2) is 0 Å². The van der Waals surface area contributed by atoms with Crippen LogP contribution in [0.5, 0.6) is 0 Å². The van der Waals surface area contributed by atoms with Crippen LogP contribution < -0.4 is 0 Å². The number of methoxy groups -OCH3 is 2. The Kier molecular flexibility index (Phi) is 2.29. The van der Waals surface area contributed by atoms with Gasteiger partial charge in [0.15, 0.2) is 5.41 Å². The minimum Gasteiger partial charge on any atom is -0.468 e. The zero-order valence-electron chi connectivity index (χ0n) is 11.5. The summed E-state index contributed by atoms with van der Waals surface area (Å²) in [5, 5.41) is 0. The molecule has 0 heterocycles. The molecule has 102 valence electrons. The minimum atomic E-state index is -1.13. The molecule has 0 aromatic carbocycles. The summed E-state index contributed by atoms with van der Waals surface area (Å²) in [6, 6.07) is 0. The van der Waals surface area contributed by atoms with Crippen molar-refractivity contribution >= 4 is 11.9 Å². The lowest BCUT2D eigenvalue weighted by Gasteiger charge is -2.26. The molecule has 2 fully saturated rings. The van der Waals surface area contributed by atoms with E-state index >= 15 is 0 Å². The summed E-state index contributed by atoms with van der Waals surface area (Å²) >= 11 is 0. The fraction of sp³-hybridized carbons (Fsp3) is 0.600. The van der Waals surface area contributed by atoms with Crippen molar-refractivity contribution in [1.82, 2.24) is 0 Å². The average Bonchev–Trinajstić information content (AvgIpc) is 2.92. The van der Waals surface area contributed by atoms with Gasteiger partial charge in [-0.05, 0) is 26.2 Å². The molecule has 0 radical (unpaired) electrons. The summed E-state index contributed by atoms with van der Waals surface area (Å²) in [5.74, 6) is -0.932. The van der Waals surface area contributed by atoms with E-state index in [1.165, 1.54) is 19.8 Å².